The van der Waals surface area contributed by atoms with Crippen LogP contribution in [0.25, 0.3) is 0 Å². The van der Waals surface area contributed by atoms with E-state index in [1.54, 1.807) is 52.8 Å². The zero-order chi connectivity index (χ0) is 32.4. The Bertz CT molecular complexity index is 1640. The highest BCUT2D eigenvalue weighted by Gasteiger charge is 2.32. The molecule has 0 radical (unpaired) electrons. The van der Waals surface area contributed by atoms with Crippen LogP contribution in [0, 0.1) is 0 Å². The zero-order valence-corrected chi connectivity index (χ0v) is 27.3. The molecular formula is C35H38N4O5S2. The van der Waals surface area contributed by atoms with Gasteiger partial charge in [0.25, 0.3) is 5.91 Å². The van der Waals surface area contributed by atoms with Crippen LogP contribution in [0.5, 0.6) is 5.75 Å². The summed E-state index contributed by atoms with van der Waals surface area (Å²) < 4.78 is 39.5. The third-order valence-electron chi connectivity index (χ3n) is 7.66. The van der Waals surface area contributed by atoms with E-state index in [4.69, 9.17) is 21.7 Å². The Kier molecular flexibility index (Phi) is 11.5. The van der Waals surface area contributed by atoms with Crippen LogP contribution in [-0.2, 0) is 14.8 Å². The molecule has 2 N–H and O–H groups in total. The monoisotopic (exact) mass is 658 g/mol. The predicted octanol–water partition coefficient (Wildman–Crippen LogP) is 5.32. The highest BCUT2D eigenvalue weighted by atomic mass is 32.2. The average Bonchev–Trinajstić information content (AvgIpc) is 3.08. The van der Waals surface area contributed by atoms with Crippen molar-refractivity contribution >= 4 is 38.9 Å². The van der Waals surface area contributed by atoms with Gasteiger partial charge in [-0.3, -0.25) is 15.0 Å². The van der Waals surface area contributed by atoms with E-state index in [-0.39, 0.29) is 22.0 Å². The van der Waals surface area contributed by atoms with Crippen molar-refractivity contribution in [3.63, 3.8) is 0 Å². The minimum Gasteiger partial charge on any atom is -0.491 e. The summed E-state index contributed by atoms with van der Waals surface area (Å²) in [6.45, 7) is 5.44. The Morgan fingerprint density at radius 2 is 1.39 bits per heavy atom. The molecule has 1 heterocycles. The van der Waals surface area contributed by atoms with E-state index < -0.39 is 10.0 Å². The van der Waals surface area contributed by atoms with E-state index in [9.17, 15) is 13.2 Å². The van der Waals surface area contributed by atoms with Gasteiger partial charge in [-0.1, -0.05) is 60.7 Å². The number of ether oxygens (including phenoxy) is 2. The number of rotatable bonds is 12. The van der Waals surface area contributed by atoms with Crippen LogP contribution < -0.4 is 15.4 Å². The molecule has 1 aliphatic rings. The van der Waals surface area contributed by atoms with E-state index in [2.05, 4.69) is 39.8 Å². The first kappa shape index (κ1) is 33.2. The van der Waals surface area contributed by atoms with Gasteiger partial charge in [-0.05, 0) is 78.8 Å². The number of thiocarbonyl (C=S) groups is 1. The van der Waals surface area contributed by atoms with Crippen molar-refractivity contribution in [1.29, 1.82) is 0 Å². The average molecular weight is 659 g/mol. The Labute approximate surface area is 276 Å². The minimum absolute atomic E-state index is 0.0474. The van der Waals surface area contributed by atoms with Gasteiger partial charge in [0, 0.05) is 44.0 Å². The molecule has 4 aromatic rings. The summed E-state index contributed by atoms with van der Waals surface area (Å²) in [7, 11) is -3.69. The second-order valence-corrected chi connectivity index (χ2v) is 13.0. The fourth-order valence-corrected chi connectivity index (χ4v) is 6.98. The summed E-state index contributed by atoms with van der Waals surface area (Å²) >= 11 is 5.32. The van der Waals surface area contributed by atoms with Crippen molar-refractivity contribution in [3.8, 4) is 5.75 Å². The van der Waals surface area contributed by atoms with Gasteiger partial charge in [0.2, 0.25) is 10.0 Å². The van der Waals surface area contributed by atoms with Crippen molar-refractivity contribution in [2.45, 2.75) is 17.9 Å². The van der Waals surface area contributed by atoms with Crippen LogP contribution in [0.15, 0.2) is 114 Å². The molecule has 0 bridgehead atoms. The zero-order valence-electron chi connectivity index (χ0n) is 25.7. The molecule has 0 unspecified atom stereocenters. The van der Waals surface area contributed by atoms with Crippen molar-refractivity contribution in [1.82, 2.24) is 14.5 Å². The molecule has 0 atom stereocenters. The van der Waals surface area contributed by atoms with Gasteiger partial charge >= 0.3 is 0 Å². The summed E-state index contributed by atoms with van der Waals surface area (Å²) in [5.41, 5.74) is 3.33. The second kappa shape index (κ2) is 15.9. The molecule has 0 saturated carbocycles. The van der Waals surface area contributed by atoms with Crippen LogP contribution in [0.3, 0.4) is 0 Å². The first-order chi connectivity index (χ1) is 22.3. The molecule has 1 saturated heterocycles. The number of piperazine rings is 1. The van der Waals surface area contributed by atoms with Crippen molar-refractivity contribution in [2.75, 3.05) is 51.3 Å². The number of hydrogen-bond donors (Lipinski definition) is 2. The van der Waals surface area contributed by atoms with Gasteiger partial charge in [-0.15, -0.1) is 0 Å². The SMILES string of the molecule is CCOCCOc1ccc(C(=O)NC(=S)Nc2ccc(S(=O)(=O)N3CCN(C(c4ccccc4)c4ccccc4)CC3)cc2)cc1. The van der Waals surface area contributed by atoms with Gasteiger partial charge in [-0.2, -0.15) is 4.31 Å². The number of sulfonamides is 1. The smallest absolute Gasteiger partial charge is 0.257 e. The van der Waals surface area contributed by atoms with Gasteiger partial charge in [0.1, 0.15) is 12.4 Å². The predicted molar refractivity (Wildman–Crippen MR) is 184 cm³/mol. The number of carbonyl (C=O) groups is 1. The van der Waals surface area contributed by atoms with Gasteiger partial charge in [0.05, 0.1) is 17.5 Å². The topological polar surface area (TPSA) is 100 Å². The minimum atomic E-state index is -3.69. The highest BCUT2D eigenvalue weighted by molar-refractivity contribution is 7.89. The molecule has 11 heteroatoms. The van der Waals surface area contributed by atoms with Crippen molar-refractivity contribution < 1.29 is 22.7 Å². The lowest BCUT2D eigenvalue weighted by atomic mass is 9.96. The van der Waals surface area contributed by atoms with Gasteiger partial charge < -0.3 is 14.8 Å². The Morgan fingerprint density at radius 1 is 0.804 bits per heavy atom. The maximum Gasteiger partial charge on any atom is 0.257 e. The van der Waals surface area contributed by atoms with Crippen LogP contribution >= 0.6 is 12.2 Å². The van der Waals surface area contributed by atoms with Crippen LogP contribution in [-0.4, -0.2) is 74.6 Å². The summed E-state index contributed by atoms with van der Waals surface area (Å²) in [5.74, 6) is 0.260. The van der Waals surface area contributed by atoms with E-state index >= 15 is 0 Å². The van der Waals surface area contributed by atoms with E-state index in [1.807, 2.05) is 43.3 Å². The van der Waals surface area contributed by atoms with Crippen LogP contribution in [0.4, 0.5) is 5.69 Å². The number of benzene rings is 4. The summed E-state index contributed by atoms with van der Waals surface area (Å²) in [6, 6.07) is 33.8. The molecule has 1 amide bonds. The molecule has 0 aliphatic carbocycles. The third-order valence-corrected chi connectivity index (χ3v) is 9.78. The highest BCUT2D eigenvalue weighted by Crippen LogP contribution is 2.30. The number of anilines is 1. The Balaban J connectivity index is 1.14. The first-order valence-corrected chi connectivity index (χ1v) is 17.1. The summed E-state index contributed by atoms with van der Waals surface area (Å²) in [6.07, 6.45) is 0. The maximum absolute atomic E-state index is 13.5. The van der Waals surface area contributed by atoms with Gasteiger partial charge in [-0.25, -0.2) is 8.42 Å². The molecule has 240 valence electrons. The lowest BCUT2D eigenvalue weighted by Gasteiger charge is -2.39. The van der Waals surface area contributed by atoms with Gasteiger partial charge in [0.15, 0.2) is 5.11 Å². The van der Waals surface area contributed by atoms with Crippen LogP contribution in [0.2, 0.25) is 0 Å². The normalized spacial score (nSPS) is 14.1. The number of amides is 1. The molecule has 1 aliphatic heterocycles. The number of nitrogens with one attached hydrogen (secondary N) is 2. The third kappa shape index (κ3) is 8.56. The van der Waals surface area contributed by atoms with Crippen molar-refractivity contribution in [2.24, 2.45) is 0 Å². The second-order valence-electron chi connectivity index (χ2n) is 10.7. The molecule has 0 aromatic heterocycles. The lowest BCUT2D eigenvalue weighted by Crippen LogP contribution is -2.49. The molecular weight excluding hydrogens is 621 g/mol. The number of hydrogen-bond acceptors (Lipinski definition) is 7. The largest absolute Gasteiger partial charge is 0.491 e. The molecule has 9 nitrogen and oxygen atoms in total. The molecule has 0 spiro atoms. The molecule has 4 aromatic carbocycles. The lowest BCUT2D eigenvalue weighted by molar-refractivity contribution is 0.0977. The van der Waals surface area contributed by atoms with E-state index in [0.717, 1.165) is 0 Å². The summed E-state index contributed by atoms with van der Waals surface area (Å²) in [5, 5.41) is 5.69. The maximum atomic E-state index is 13.5. The number of carbonyl (C=O) groups excluding carboxylic acids is 1. The standard InChI is InChI=1S/C35H38N4O5S2/c1-2-43-25-26-44-31-17-13-29(14-18-31)34(40)37-35(45)36-30-15-19-32(20-16-30)46(41,42)39-23-21-38(22-24-39)33(27-9-5-3-6-10-27)28-11-7-4-8-12-28/h3-20,33H,2,21-26H2,1H3,(H2,36,37,40,45). The fraction of sp³-hybridized carbons (Fsp3) is 0.257. The van der Waals surface area contributed by atoms with E-state index in [0.29, 0.717) is 63.0 Å². The molecule has 5 rings (SSSR count). The Hall–Kier alpha value is -4.13. The van der Waals surface area contributed by atoms with E-state index in [1.165, 1.54) is 11.1 Å². The Morgan fingerprint density at radius 3 is 1.96 bits per heavy atom. The number of nitrogens with zero attached hydrogens (tertiary/aromatic N) is 2. The summed E-state index contributed by atoms with van der Waals surface area (Å²) in [4.78, 5) is 15.2. The molecule has 1 fully saturated rings. The fourth-order valence-electron chi connectivity index (χ4n) is 5.35. The molecule has 46 heavy (non-hydrogen) atoms. The quantitative estimate of drug-likeness (QED) is 0.156. The van der Waals surface area contributed by atoms with Crippen LogP contribution in [0.1, 0.15) is 34.5 Å². The van der Waals surface area contributed by atoms with Crippen molar-refractivity contribution in [3.05, 3.63) is 126 Å². The first-order valence-electron chi connectivity index (χ1n) is 15.2.